The highest BCUT2D eigenvalue weighted by atomic mass is 32.2. The zero-order chi connectivity index (χ0) is 25.2. The summed E-state index contributed by atoms with van der Waals surface area (Å²) in [5, 5.41) is 14.0. The average Bonchev–Trinajstić information content (AvgIpc) is 2.85. The first kappa shape index (κ1) is 23.9. The van der Waals surface area contributed by atoms with Crippen molar-refractivity contribution in [2.45, 2.75) is 11.8 Å². The molecule has 10 nitrogen and oxygen atoms in total. The van der Waals surface area contributed by atoms with Crippen molar-refractivity contribution in [3.63, 3.8) is 0 Å². The Morgan fingerprint density at radius 3 is 2.29 bits per heavy atom. The van der Waals surface area contributed by atoms with Crippen molar-refractivity contribution in [2.24, 2.45) is 0 Å². The summed E-state index contributed by atoms with van der Waals surface area (Å²) >= 11 is 0. The van der Waals surface area contributed by atoms with E-state index < -0.39 is 14.9 Å². The van der Waals surface area contributed by atoms with Gasteiger partial charge in [-0.05, 0) is 55.0 Å². The number of aromatic nitrogens is 3. The number of hydrogen-bond donors (Lipinski definition) is 1. The highest BCUT2D eigenvalue weighted by molar-refractivity contribution is 7.89. The molecule has 2 aromatic heterocycles. The highest BCUT2D eigenvalue weighted by Gasteiger charge is 2.20. The molecule has 0 radical (unpaired) electrons. The normalized spacial score (nSPS) is 11.4. The SMILES string of the molecule is Cc1ccc(Nc2nccc(-c3ccnc(-c4ccc([N+](=O)[O-])cc4)c3)n2)cc1S(=O)(=O)N(C)C. The Balaban J connectivity index is 1.62. The number of benzene rings is 2. The zero-order valence-electron chi connectivity index (χ0n) is 19.2. The summed E-state index contributed by atoms with van der Waals surface area (Å²) in [6.45, 7) is 1.74. The Kier molecular flexibility index (Phi) is 6.54. The predicted molar refractivity (Wildman–Crippen MR) is 133 cm³/mol. The molecular formula is C24H22N6O4S. The Labute approximate surface area is 202 Å². The van der Waals surface area contributed by atoms with Crippen LogP contribution in [-0.2, 0) is 10.0 Å². The topological polar surface area (TPSA) is 131 Å². The standard InChI is InChI=1S/C24H22N6O4S/c1-16-4-7-19(15-23(16)35(33,34)29(2)3)27-24-26-13-11-21(28-24)18-10-12-25-22(14-18)17-5-8-20(9-6-17)30(31)32/h4-15H,1-3H3,(H,26,27,28). The molecule has 0 aliphatic carbocycles. The van der Waals surface area contributed by atoms with Gasteiger partial charge in [-0.15, -0.1) is 0 Å². The number of nitro benzene ring substituents is 1. The van der Waals surface area contributed by atoms with Crippen LogP contribution in [0, 0.1) is 17.0 Å². The van der Waals surface area contributed by atoms with Crippen LogP contribution in [0.2, 0.25) is 0 Å². The number of hydrogen-bond acceptors (Lipinski definition) is 8. The summed E-state index contributed by atoms with van der Waals surface area (Å²) < 4.78 is 26.4. The molecule has 0 saturated heterocycles. The van der Waals surface area contributed by atoms with Gasteiger partial charge in [0.25, 0.3) is 5.69 Å². The molecule has 4 rings (SSSR count). The molecule has 2 aromatic carbocycles. The number of aryl methyl sites for hydroxylation is 1. The van der Waals surface area contributed by atoms with Crippen LogP contribution in [0.3, 0.4) is 0 Å². The molecule has 0 saturated carbocycles. The van der Waals surface area contributed by atoms with Crippen molar-refractivity contribution in [3.05, 3.63) is 88.7 Å². The average molecular weight is 491 g/mol. The van der Waals surface area contributed by atoms with E-state index in [1.165, 1.54) is 30.5 Å². The molecule has 0 bridgehead atoms. The van der Waals surface area contributed by atoms with Crippen molar-refractivity contribution < 1.29 is 13.3 Å². The lowest BCUT2D eigenvalue weighted by atomic mass is 10.1. The molecule has 0 spiro atoms. The molecular weight excluding hydrogens is 468 g/mol. The molecule has 178 valence electrons. The van der Waals surface area contributed by atoms with Gasteiger partial charge in [-0.1, -0.05) is 6.07 Å². The van der Waals surface area contributed by atoms with Crippen LogP contribution in [-0.4, -0.2) is 46.7 Å². The third-order valence-electron chi connectivity index (χ3n) is 5.29. The maximum atomic E-state index is 12.6. The molecule has 2 heterocycles. The van der Waals surface area contributed by atoms with Crippen molar-refractivity contribution in [1.82, 2.24) is 19.3 Å². The second-order valence-electron chi connectivity index (χ2n) is 7.89. The van der Waals surface area contributed by atoms with E-state index in [1.807, 2.05) is 6.07 Å². The molecule has 0 aliphatic heterocycles. The van der Waals surface area contributed by atoms with Gasteiger partial charge in [-0.25, -0.2) is 22.7 Å². The Bertz CT molecular complexity index is 1500. The molecule has 0 aliphatic rings. The largest absolute Gasteiger partial charge is 0.324 e. The lowest BCUT2D eigenvalue weighted by Crippen LogP contribution is -2.23. The second kappa shape index (κ2) is 9.57. The molecule has 0 fully saturated rings. The number of pyridine rings is 1. The number of rotatable bonds is 7. The van der Waals surface area contributed by atoms with Crippen molar-refractivity contribution in [1.29, 1.82) is 0 Å². The molecule has 0 atom stereocenters. The predicted octanol–water partition coefficient (Wildman–Crippen LogP) is 4.42. The van der Waals surface area contributed by atoms with Crippen LogP contribution in [0.5, 0.6) is 0 Å². The van der Waals surface area contributed by atoms with Gasteiger partial charge in [0.05, 0.1) is 21.2 Å². The van der Waals surface area contributed by atoms with Crippen molar-refractivity contribution in [2.75, 3.05) is 19.4 Å². The van der Waals surface area contributed by atoms with E-state index in [4.69, 9.17) is 0 Å². The number of sulfonamides is 1. The second-order valence-corrected chi connectivity index (χ2v) is 10.0. The van der Waals surface area contributed by atoms with Gasteiger partial charge >= 0.3 is 0 Å². The smallest absolute Gasteiger partial charge is 0.269 e. The summed E-state index contributed by atoms with van der Waals surface area (Å²) in [7, 11) is -0.629. The van der Waals surface area contributed by atoms with Crippen LogP contribution < -0.4 is 5.32 Å². The number of non-ortho nitro benzene ring substituents is 1. The van der Waals surface area contributed by atoms with Crippen molar-refractivity contribution >= 4 is 27.3 Å². The van der Waals surface area contributed by atoms with Crippen LogP contribution in [0.4, 0.5) is 17.3 Å². The molecule has 0 amide bonds. The summed E-state index contributed by atoms with van der Waals surface area (Å²) in [4.78, 5) is 23.8. The van der Waals surface area contributed by atoms with Gasteiger partial charge in [-0.2, -0.15) is 0 Å². The van der Waals surface area contributed by atoms with Gasteiger partial charge in [0, 0.05) is 55.4 Å². The first-order valence-electron chi connectivity index (χ1n) is 10.5. The zero-order valence-corrected chi connectivity index (χ0v) is 20.0. The Hall–Kier alpha value is -4.22. The molecule has 35 heavy (non-hydrogen) atoms. The highest BCUT2D eigenvalue weighted by Crippen LogP contribution is 2.27. The van der Waals surface area contributed by atoms with E-state index in [2.05, 4.69) is 20.3 Å². The fraction of sp³-hybridized carbons (Fsp3) is 0.125. The third kappa shape index (κ3) is 5.15. The third-order valence-corrected chi connectivity index (χ3v) is 7.25. The monoisotopic (exact) mass is 490 g/mol. The molecule has 11 heteroatoms. The summed E-state index contributed by atoms with van der Waals surface area (Å²) in [5.41, 5.74) is 3.96. The van der Waals surface area contributed by atoms with E-state index in [-0.39, 0.29) is 10.6 Å². The van der Waals surface area contributed by atoms with Crippen LogP contribution in [0.1, 0.15) is 5.56 Å². The van der Waals surface area contributed by atoms with Gasteiger partial charge in [-0.3, -0.25) is 15.1 Å². The van der Waals surface area contributed by atoms with Gasteiger partial charge in [0.1, 0.15) is 0 Å². The minimum atomic E-state index is -3.60. The van der Waals surface area contributed by atoms with Gasteiger partial charge in [0.2, 0.25) is 16.0 Å². The fourth-order valence-electron chi connectivity index (χ4n) is 3.36. The van der Waals surface area contributed by atoms with E-state index in [1.54, 1.807) is 61.8 Å². The van der Waals surface area contributed by atoms with E-state index >= 15 is 0 Å². The van der Waals surface area contributed by atoms with Crippen LogP contribution >= 0.6 is 0 Å². The van der Waals surface area contributed by atoms with E-state index in [0.29, 0.717) is 28.6 Å². The minimum Gasteiger partial charge on any atom is -0.324 e. The quantitative estimate of drug-likeness (QED) is 0.298. The summed E-state index contributed by atoms with van der Waals surface area (Å²) in [5.74, 6) is 0.299. The maximum absolute atomic E-state index is 12.6. The molecule has 0 unspecified atom stereocenters. The Morgan fingerprint density at radius 1 is 0.886 bits per heavy atom. The number of nitro groups is 1. The maximum Gasteiger partial charge on any atom is 0.269 e. The van der Waals surface area contributed by atoms with Gasteiger partial charge < -0.3 is 5.32 Å². The van der Waals surface area contributed by atoms with E-state index in [9.17, 15) is 18.5 Å². The first-order chi connectivity index (χ1) is 16.6. The minimum absolute atomic E-state index is 0.00839. The van der Waals surface area contributed by atoms with E-state index in [0.717, 1.165) is 11.1 Å². The van der Waals surface area contributed by atoms with Gasteiger partial charge in [0.15, 0.2) is 0 Å². The number of nitrogens with zero attached hydrogens (tertiary/aromatic N) is 5. The van der Waals surface area contributed by atoms with Crippen molar-refractivity contribution in [3.8, 4) is 22.5 Å². The van der Waals surface area contributed by atoms with Crippen LogP contribution in [0.25, 0.3) is 22.5 Å². The number of nitrogens with one attached hydrogen (secondary N) is 1. The summed E-state index contributed by atoms with van der Waals surface area (Å²) in [6, 6.07) is 16.6. The summed E-state index contributed by atoms with van der Waals surface area (Å²) in [6.07, 6.45) is 3.24. The fourth-order valence-corrected chi connectivity index (χ4v) is 4.51. The first-order valence-corrected chi connectivity index (χ1v) is 11.9. The number of anilines is 2. The lowest BCUT2D eigenvalue weighted by molar-refractivity contribution is -0.384. The Morgan fingerprint density at radius 2 is 1.60 bits per heavy atom. The molecule has 4 aromatic rings. The lowest BCUT2D eigenvalue weighted by Gasteiger charge is -2.15. The molecule has 1 N–H and O–H groups in total. The van der Waals surface area contributed by atoms with Crippen LogP contribution in [0.15, 0.2) is 78.0 Å².